The summed E-state index contributed by atoms with van der Waals surface area (Å²) in [5.74, 6) is 0.931. The number of carboxylic acid groups (broad SMARTS) is 2. The van der Waals surface area contributed by atoms with Gasteiger partial charge in [-0.2, -0.15) is 47.0 Å². The number of thioether (sulfide) groups is 4. The minimum Gasteiger partial charge on any atom is -0.481 e. The molecule has 0 heterocycles. The van der Waals surface area contributed by atoms with E-state index in [1.165, 1.54) is 65.0 Å². The van der Waals surface area contributed by atoms with Gasteiger partial charge < -0.3 is 46.7 Å². The Labute approximate surface area is 394 Å². The minimum absolute atomic E-state index is 0. The first-order valence-electron chi connectivity index (χ1n) is 20.7. The number of rotatable bonds is 31. The Kier molecular flexibility index (Phi) is 45.9. The second-order valence-electron chi connectivity index (χ2n) is 14.4. The van der Waals surface area contributed by atoms with Gasteiger partial charge in [-0.15, -0.1) is 0 Å². The first-order chi connectivity index (χ1) is 28.5. The number of aliphatic carboxylic acids is 2. The summed E-state index contributed by atoms with van der Waals surface area (Å²) in [5, 5.41) is 25.3. The highest BCUT2D eigenvalue weighted by molar-refractivity contribution is 8.04. The summed E-state index contributed by atoms with van der Waals surface area (Å²) >= 11 is 11.5. The van der Waals surface area contributed by atoms with Gasteiger partial charge in [0.15, 0.2) is 5.78 Å². The molecule has 2 rings (SSSR count). The van der Waals surface area contributed by atoms with Gasteiger partial charge in [-0.05, 0) is 83.6 Å². The Bertz CT molecular complexity index is 1290. The van der Waals surface area contributed by atoms with Gasteiger partial charge in [-0.3, -0.25) is 19.2 Å². The molecule has 0 saturated heterocycles. The summed E-state index contributed by atoms with van der Waals surface area (Å²) in [6.45, 7) is 8.11. The lowest BCUT2D eigenvalue weighted by molar-refractivity contribution is -0.143. The van der Waals surface area contributed by atoms with Crippen LogP contribution in [-0.2, 0) is 50.8 Å². The predicted molar refractivity (Wildman–Crippen MR) is 262 cm³/mol. The van der Waals surface area contributed by atoms with E-state index in [1.54, 1.807) is 0 Å². The van der Waals surface area contributed by atoms with Crippen LogP contribution >= 0.6 is 47.0 Å². The fourth-order valence-corrected chi connectivity index (χ4v) is 11.2. The van der Waals surface area contributed by atoms with Crippen LogP contribution in [0.1, 0.15) is 145 Å². The molecule has 9 N–H and O–H groups in total. The van der Waals surface area contributed by atoms with Gasteiger partial charge in [-0.1, -0.05) is 28.2 Å². The van der Waals surface area contributed by atoms with Crippen LogP contribution in [0.25, 0.3) is 0 Å². The Hall–Kier alpha value is -2.10. The van der Waals surface area contributed by atoms with E-state index in [2.05, 4.69) is 41.7 Å². The van der Waals surface area contributed by atoms with Crippen molar-refractivity contribution >= 4 is 106 Å². The third kappa shape index (κ3) is 36.3. The summed E-state index contributed by atoms with van der Waals surface area (Å²) in [7, 11) is 0. The number of carbonyl (C=O) groups excluding carboxylic acids is 6. The molecule has 2 amide bonds. The number of ketones is 4. The summed E-state index contributed by atoms with van der Waals surface area (Å²) < 4.78 is 5.33. The van der Waals surface area contributed by atoms with E-state index in [9.17, 15) is 38.4 Å². The minimum atomic E-state index is -1.29. The molecule has 15 nitrogen and oxygen atoms in total. The molecule has 2 fully saturated rings. The maximum atomic E-state index is 12.6. The van der Waals surface area contributed by atoms with Crippen LogP contribution in [0.5, 0.6) is 0 Å². The first-order valence-corrected chi connectivity index (χ1v) is 25.3. The summed E-state index contributed by atoms with van der Waals surface area (Å²) in [5.41, 5.74) is 10.9. The second-order valence-corrected chi connectivity index (χ2v) is 19.8. The van der Waals surface area contributed by atoms with Crippen LogP contribution in [-0.4, -0.2) is 126 Å². The van der Waals surface area contributed by atoms with Gasteiger partial charge in [0.25, 0.3) is 0 Å². The molecular formula is C42H79N5O10S5. The van der Waals surface area contributed by atoms with Crippen molar-refractivity contribution in [2.45, 2.75) is 178 Å². The highest BCUT2D eigenvalue weighted by Crippen LogP contribution is 2.41. The molecule has 0 bridgehead atoms. The van der Waals surface area contributed by atoms with Crippen LogP contribution in [0.15, 0.2) is 0 Å². The van der Waals surface area contributed by atoms with E-state index >= 15 is 0 Å². The van der Waals surface area contributed by atoms with Crippen molar-refractivity contribution in [1.82, 2.24) is 10.6 Å². The lowest BCUT2D eigenvalue weighted by Crippen LogP contribution is -2.41. The zero-order valence-corrected chi connectivity index (χ0v) is 40.0. The molecule has 0 aromatic heterocycles. The Morgan fingerprint density at radius 3 is 1.29 bits per heavy atom. The molecule has 6 atom stereocenters. The molecule has 20 heteroatoms. The van der Waals surface area contributed by atoms with E-state index in [1.807, 2.05) is 35.3 Å². The Morgan fingerprint density at radius 2 is 0.952 bits per heavy atom. The molecule has 0 aliphatic heterocycles. The van der Waals surface area contributed by atoms with Crippen molar-refractivity contribution in [1.29, 1.82) is 4.78 Å². The third-order valence-corrected chi connectivity index (χ3v) is 15.4. The number of carboxylic acids is 2. The van der Waals surface area contributed by atoms with E-state index in [4.69, 9.17) is 26.5 Å². The number of nitrogens with two attached hydrogens (primary N) is 2. The van der Waals surface area contributed by atoms with Crippen molar-refractivity contribution in [3.63, 3.8) is 0 Å². The summed E-state index contributed by atoms with van der Waals surface area (Å²) in [6, 6.07) is -1.85. The molecule has 62 heavy (non-hydrogen) atoms. The maximum Gasteiger partial charge on any atom is 0.326 e. The number of amides is 2. The zero-order chi connectivity index (χ0) is 45.9. The van der Waals surface area contributed by atoms with E-state index in [0.29, 0.717) is 18.1 Å². The standard InChI is InChI=1S/C22H37NO4S2.C10H15NO6.C8H18N2S2.2CH4.HNS/c1-4-5-14-28-20-11-12-21(20)29-15-6-7-19(26)18(10-8-16(2)24)23-22(27)13-9-17(3)25;1-6(12)2-4-8(13)11-7(10(16)17)3-5-9(14)15;9-3-5-11-7-1-2-8(7)12-6-4-10;;;1-2/h18,20-21H,4-15H2,1-3H3,(H,23,27);7H,2-5H2,1H3,(H,11,13)(H,14,15)(H,16,17);7-8H,1-6,9-10H2;2*1H4;1H/t18-,20?,21?;7-;;;;/m11..../s1. The normalized spacial score (nSPS) is 17.8. The molecule has 4 unspecified atom stereocenters. The molecule has 0 radical (unpaired) electrons. The Morgan fingerprint density at radius 1 is 0.581 bits per heavy atom. The second kappa shape index (κ2) is 42.8. The molecule has 0 spiro atoms. The Balaban J connectivity index is -0.000000432. The van der Waals surface area contributed by atoms with Gasteiger partial charge in [-0.25, -0.2) is 9.57 Å². The van der Waals surface area contributed by atoms with Gasteiger partial charge in [0.1, 0.15) is 23.4 Å². The van der Waals surface area contributed by atoms with E-state index in [-0.39, 0.29) is 88.8 Å². The monoisotopic (exact) mass is 973 g/mol. The molecule has 2 aliphatic carbocycles. The average molecular weight is 974 g/mol. The average Bonchev–Trinajstić information content (AvgIpc) is 3.18. The number of unbranched alkanes of at least 4 members (excludes halogenated alkanes) is 1. The predicted octanol–water partition coefficient (Wildman–Crippen LogP) is 6.62. The summed E-state index contributed by atoms with van der Waals surface area (Å²) in [4.78, 5) is 89.8. The fourth-order valence-electron chi connectivity index (χ4n) is 5.41. The van der Waals surface area contributed by atoms with E-state index < -0.39 is 29.9 Å². The number of nitrogens with one attached hydrogen (secondary N) is 3. The van der Waals surface area contributed by atoms with Crippen molar-refractivity contribution in [2.75, 3.05) is 36.1 Å². The first kappa shape index (κ1) is 66.5. The van der Waals surface area contributed by atoms with Gasteiger partial charge in [0.2, 0.25) is 11.8 Å². The van der Waals surface area contributed by atoms with Gasteiger partial charge in [0, 0.05) is 103 Å². The zero-order valence-electron chi connectivity index (χ0n) is 35.9. The van der Waals surface area contributed by atoms with E-state index in [0.717, 1.165) is 52.5 Å². The molecule has 2 saturated carbocycles. The highest BCUT2D eigenvalue weighted by atomic mass is 32.2. The van der Waals surface area contributed by atoms with Crippen molar-refractivity contribution < 1.29 is 48.6 Å². The van der Waals surface area contributed by atoms with Gasteiger partial charge >= 0.3 is 11.9 Å². The van der Waals surface area contributed by atoms with Crippen LogP contribution < -0.4 is 22.1 Å². The number of hydrogen-bond donors (Lipinski definition) is 7. The lowest BCUT2D eigenvalue weighted by atomic mass is 9.99. The molecule has 362 valence electrons. The molecule has 0 aromatic carbocycles. The van der Waals surface area contributed by atoms with Crippen molar-refractivity contribution in [3.8, 4) is 0 Å². The highest BCUT2D eigenvalue weighted by Gasteiger charge is 2.32. The van der Waals surface area contributed by atoms with Gasteiger partial charge in [0.05, 0.1) is 6.04 Å². The molecule has 2 aliphatic rings. The fraction of sp³-hybridized carbons (Fsp3) is 0.810. The maximum absolute atomic E-state index is 12.6. The largest absolute Gasteiger partial charge is 0.481 e. The van der Waals surface area contributed by atoms with Crippen molar-refractivity contribution in [2.24, 2.45) is 11.5 Å². The third-order valence-electron chi connectivity index (χ3n) is 9.13. The number of hydrogen-bond acceptors (Lipinski definition) is 16. The topological polar surface area (TPSA) is 277 Å². The smallest absolute Gasteiger partial charge is 0.326 e. The van der Waals surface area contributed by atoms with Crippen LogP contribution in [0.4, 0.5) is 0 Å². The molecular weight excluding hydrogens is 895 g/mol. The summed E-state index contributed by atoms with van der Waals surface area (Å²) in [6.07, 6.45) is 9.40. The van der Waals surface area contributed by atoms with Crippen molar-refractivity contribution in [3.05, 3.63) is 0 Å². The molecule has 0 aromatic rings. The SMILES string of the molecule is C.C.CC(=O)CCC(=O)N[C@H](CCC(=O)O)C(=O)O.CCCCSC1CCC1SCCCC(=O)[C@@H](CCC(C)=O)NC(=O)CCC(C)=O.N=S.NCCSC1CCC1SCCN. The van der Waals surface area contributed by atoms with Crippen LogP contribution in [0.3, 0.4) is 0 Å². The van der Waals surface area contributed by atoms with Crippen LogP contribution in [0.2, 0.25) is 0 Å². The number of Topliss-reactive ketones (excluding diaryl/α,β-unsaturated/α-hetero) is 4. The lowest BCUT2D eigenvalue weighted by Gasteiger charge is -2.35. The number of carbonyl (C=O) groups is 8. The quantitative estimate of drug-likeness (QED) is 0.0360. The van der Waals surface area contributed by atoms with Crippen LogP contribution in [0, 0.1) is 4.78 Å².